The maximum atomic E-state index is 13.4. The Morgan fingerprint density at radius 3 is 2.33 bits per heavy atom. The van der Waals surface area contributed by atoms with Gasteiger partial charge in [-0.3, -0.25) is 19.4 Å². The minimum Gasteiger partial charge on any atom is -0.507 e. The van der Waals surface area contributed by atoms with Crippen LogP contribution in [0.4, 0.5) is 5.82 Å². The molecule has 1 aromatic heterocycles. The van der Waals surface area contributed by atoms with Crippen LogP contribution in [-0.4, -0.2) is 71.3 Å². The number of aliphatic hydroxyl groups is 1. The molecule has 1 amide bonds. The first-order chi connectivity index (χ1) is 19.3. The third-order valence-electron chi connectivity index (χ3n) is 7.30. The van der Waals surface area contributed by atoms with Crippen LogP contribution in [0.25, 0.3) is 5.76 Å². The zero-order valence-electron chi connectivity index (χ0n) is 23.0. The van der Waals surface area contributed by atoms with Crippen molar-refractivity contribution in [2.75, 3.05) is 44.4 Å². The number of aryl methyl sites for hydroxylation is 1. The second-order valence-electron chi connectivity index (χ2n) is 10.4. The van der Waals surface area contributed by atoms with Gasteiger partial charge < -0.3 is 14.6 Å². The molecule has 5 rings (SSSR count). The van der Waals surface area contributed by atoms with Crippen LogP contribution in [0.15, 0.2) is 66.2 Å². The fourth-order valence-electron chi connectivity index (χ4n) is 4.95. The molecule has 208 valence electrons. The average Bonchev–Trinajstić information content (AvgIpc) is 3.24. The number of carbonyl (C=O) groups is 2. The van der Waals surface area contributed by atoms with E-state index in [4.69, 9.17) is 9.47 Å². The highest BCUT2D eigenvalue weighted by atomic mass is 16.5. The molecule has 9 heteroatoms. The summed E-state index contributed by atoms with van der Waals surface area (Å²) < 4.78 is 11.3. The summed E-state index contributed by atoms with van der Waals surface area (Å²) in [6, 6.07) is 17.1. The van der Waals surface area contributed by atoms with Gasteiger partial charge in [0, 0.05) is 25.2 Å². The first-order valence-electron chi connectivity index (χ1n) is 13.6. The van der Waals surface area contributed by atoms with E-state index in [9.17, 15) is 14.7 Å². The summed E-state index contributed by atoms with van der Waals surface area (Å²) in [5.41, 5.74) is 2.90. The molecule has 2 saturated heterocycles. The van der Waals surface area contributed by atoms with Crippen LogP contribution < -0.4 is 9.64 Å². The van der Waals surface area contributed by atoms with Crippen LogP contribution in [0.2, 0.25) is 0 Å². The smallest absolute Gasteiger partial charge is 0.301 e. The molecule has 1 unspecified atom stereocenters. The van der Waals surface area contributed by atoms with E-state index < -0.39 is 17.7 Å². The van der Waals surface area contributed by atoms with Gasteiger partial charge in [0.2, 0.25) is 0 Å². The van der Waals surface area contributed by atoms with Crippen molar-refractivity contribution in [2.45, 2.75) is 32.7 Å². The van der Waals surface area contributed by atoms with E-state index in [-0.39, 0.29) is 17.2 Å². The number of hydrogen-bond donors (Lipinski definition) is 1. The highest BCUT2D eigenvalue weighted by Gasteiger charge is 2.47. The summed E-state index contributed by atoms with van der Waals surface area (Å²) in [5.74, 6) is -0.548. The third-order valence-corrected chi connectivity index (χ3v) is 7.30. The summed E-state index contributed by atoms with van der Waals surface area (Å²) in [5, 5.41) is 19.6. The number of carbonyl (C=O) groups excluding carboxylic acids is 2. The van der Waals surface area contributed by atoms with Crippen LogP contribution >= 0.6 is 0 Å². The summed E-state index contributed by atoms with van der Waals surface area (Å²) in [7, 11) is 0. The number of aromatic nitrogens is 2. The highest BCUT2D eigenvalue weighted by molar-refractivity contribution is 6.51. The van der Waals surface area contributed by atoms with E-state index in [1.807, 2.05) is 36.4 Å². The molecule has 0 spiro atoms. The molecule has 0 bridgehead atoms. The van der Waals surface area contributed by atoms with Crippen molar-refractivity contribution in [3.8, 4) is 5.75 Å². The molecule has 2 aliphatic rings. The van der Waals surface area contributed by atoms with Crippen LogP contribution in [0.5, 0.6) is 5.75 Å². The van der Waals surface area contributed by atoms with Gasteiger partial charge >= 0.3 is 5.91 Å². The van der Waals surface area contributed by atoms with Gasteiger partial charge in [0.15, 0.2) is 5.82 Å². The van der Waals surface area contributed by atoms with E-state index in [1.54, 1.807) is 31.2 Å². The second kappa shape index (κ2) is 12.0. The predicted octanol–water partition coefficient (Wildman–Crippen LogP) is 4.25. The predicted molar refractivity (Wildman–Crippen MR) is 151 cm³/mol. The molecule has 1 atom stereocenters. The number of benzene rings is 2. The molecule has 0 aliphatic carbocycles. The van der Waals surface area contributed by atoms with Gasteiger partial charge in [-0.05, 0) is 48.2 Å². The van der Waals surface area contributed by atoms with Gasteiger partial charge in [-0.15, -0.1) is 5.10 Å². The van der Waals surface area contributed by atoms with Crippen molar-refractivity contribution < 1.29 is 24.2 Å². The second-order valence-corrected chi connectivity index (χ2v) is 10.4. The fraction of sp³-hybridized carbons (Fsp3) is 0.355. The third kappa shape index (κ3) is 5.76. The van der Waals surface area contributed by atoms with Crippen LogP contribution in [0, 0.1) is 6.92 Å². The van der Waals surface area contributed by atoms with Crippen molar-refractivity contribution in [1.82, 2.24) is 15.1 Å². The van der Waals surface area contributed by atoms with Crippen molar-refractivity contribution in [3.63, 3.8) is 0 Å². The Labute approximate surface area is 234 Å². The summed E-state index contributed by atoms with van der Waals surface area (Å²) >= 11 is 0. The van der Waals surface area contributed by atoms with Crippen molar-refractivity contribution in [2.24, 2.45) is 0 Å². The van der Waals surface area contributed by atoms with Gasteiger partial charge in [-0.1, -0.05) is 50.2 Å². The molecule has 2 fully saturated rings. The Morgan fingerprint density at radius 1 is 1.00 bits per heavy atom. The molecule has 0 saturated carbocycles. The molecule has 9 nitrogen and oxygen atoms in total. The number of hydrogen-bond acceptors (Lipinski definition) is 8. The molecule has 3 heterocycles. The number of Topliss-reactive ketones (excluding diaryl/α,β-unsaturated/α-hetero) is 1. The standard InChI is InChI=1S/C31H34N4O5/c1-20(2)22-5-7-24(8-6-22)29(36)27-28(35(31(38)30(27)37)26-13-4-21(3)32-33-26)23-9-11-25(12-10-23)40-19-16-34-14-17-39-18-15-34/h4-13,20,28,36H,14-19H2,1-3H3. The van der Waals surface area contributed by atoms with Crippen molar-refractivity contribution >= 4 is 23.3 Å². The van der Waals surface area contributed by atoms with Crippen LogP contribution in [0.3, 0.4) is 0 Å². The van der Waals surface area contributed by atoms with Gasteiger partial charge in [-0.25, -0.2) is 0 Å². The van der Waals surface area contributed by atoms with Gasteiger partial charge in [0.25, 0.3) is 5.78 Å². The number of morpholine rings is 1. The Kier molecular flexibility index (Phi) is 8.23. The SMILES string of the molecule is Cc1ccc(N2C(=O)C(=O)C(=C(O)c3ccc(C(C)C)cc3)C2c2ccc(OCCN3CCOCC3)cc2)nn1. The lowest BCUT2D eigenvalue weighted by Crippen LogP contribution is -2.38. The lowest BCUT2D eigenvalue weighted by Gasteiger charge is -2.26. The number of nitrogens with zero attached hydrogens (tertiary/aromatic N) is 4. The number of rotatable bonds is 8. The maximum absolute atomic E-state index is 13.4. The summed E-state index contributed by atoms with van der Waals surface area (Å²) in [6.07, 6.45) is 0. The van der Waals surface area contributed by atoms with E-state index in [0.717, 1.165) is 38.4 Å². The Balaban J connectivity index is 1.47. The Hall–Kier alpha value is -4.08. The van der Waals surface area contributed by atoms with Crippen LogP contribution in [-0.2, 0) is 14.3 Å². The number of amides is 1. The zero-order chi connectivity index (χ0) is 28.2. The quantitative estimate of drug-likeness (QED) is 0.256. The number of ether oxygens (including phenoxy) is 2. The molecule has 3 aromatic rings. The first-order valence-corrected chi connectivity index (χ1v) is 13.6. The highest BCUT2D eigenvalue weighted by Crippen LogP contribution is 2.42. The van der Waals surface area contributed by atoms with Crippen molar-refractivity contribution in [1.29, 1.82) is 0 Å². The van der Waals surface area contributed by atoms with E-state index in [1.165, 1.54) is 4.90 Å². The summed E-state index contributed by atoms with van der Waals surface area (Å²) in [6.45, 7) is 10.5. The van der Waals surface area contributed by atoms with E-state index >= 15 is 0 Å². The number of anilines is 1. The first kappa shape index (κ1) is 27.5. The Bertz CT molecular complexity index is 1380. The van der Waals surface area contributed by atoms with Crippen molar-refractivity contribution in [3.05, 3.63) is 88.6 Å². The average molecular weight is 543 g/mol. The van der Waals surface area contributed by atoms with Gasteiger partial charge in [0.1, 0.15) is 18.1 Å². The molecular weight excluding hydrogens is 508 g/mol. The zero-order valence-corrected chi connectivity index (χ0v) is 23.0. The fourth-order valence-corrected chi connectivity index (χ4v) is 4.95. The van der Waals surface area contributed by atoms with Gasteiger partial charge in [0.05, 0.1) is 30.5 Å². The number of aliphatic hydroxyl groups excluding tert-OH is 1. The van der Waals surface area contributed by atoms with Crippen LogP contribution in [0.1, 0.15) is 48.2 Å². The van der Waals surface area contributed by atoms with E-state index in [2.05, 4.69) is 28.9 Å². The lowest BCUT2D eigenvalue weighted by atomic mass is 9.94. The number of ketones is 1. The molecule has 0 radical (unpaired) electrons. The topological polar surface area (TPSA) is 105 Å². The molecule has 2 aromatic carbocycles. The molecule has 40 heavy (non-hydrogen) atoms. The molecule has 1 N–H and O–H groups in total. The largest absolute Gasteiger partial charge is 0.507 e. The van der Waals surface area contributed by atoms with Gasteiger partial charge in [-0.2, -0.15) is 5.10 Å². The minimum atomic E-state index is -0.885. The summed E-state index contributed by atoms with van der Waals surface area (Å²) in [4.78, 5) is 30.3. The van der Waals surface area contributed by atoms with E-state index in [0.29, 0.717) is 35.1 Å². The Morgan fingerprint density at radius 2 is 1.70 bits per heavy atom. The monoisotopic (exact) mass is 542 g/mol. The lowest BCUT2D eigenvalue weighted by molar-refractivity contribution is -0.132. The minimum absolute atomic E-state index is 0.00524. The normalized spacial score (nSPS) is 19.4. The maximum Gasteiger partial charge on any atom is 0.301 e. The molecule has 2 aliphatic heterocycles. The molecular formula is C31H34N4O5.